The second kappa shape index (κ2) is 13.6. The fourth-order valence-corrected chi connectivity index (χ4v) is 4.97. The van der Waals surface area contributed by atoms with Crippen LogP contribution in [0.5, 0.6) is 0 Å². The number of rotatable bonds is 11. The molecule has 2 heterocycles. The summed E-state index contributed by atoms with van der Waals surface area (Å²) in [4.78, 5) is 40.0. The lowest BCUT2D eigenvalue weighted by molar-refractivity contribution is -0.136. The van der Waals surface area contributed by atoms with Crippen LogP contribution in [0.4, 0.5) is 11.4 Å². The minimum atomic E-state index is -0.737. The first-order valence-electron chi connectivity index (χ1n) is 12.4. The molecule has 10 heteroatoms. The summed E-state index contributed by atoms with van der Waals surface area (Å²) in [5.41, 5.74) is 0.902. The minimum Gasteiger partial charge on any atom is -0.462 e. The molecule has 0 saturated carbocycles. The highest BCUT2D eigenvalue weighted by Crippen LogP contribution is 2.16. The number of unbranched alkanes of at least 4 members (excludes halogenated alkanes) is 1. The van der Waals surface area contributed by atoms with Gasteiger partial charge >= 0.3 is 5.97 Å². The average molecular weight is 512 g/mol. The lowest BCUT2D eigenvalue weighted by Gasteiger charge is -2.14. The second-order valence-electron chi connectivity index (χ2n) is 8.51. The number of amides is 1. The van der Waals surface area contributed by atoms with Crippen molar-refractivity contribution in [2.24, 2.45) is 0 Å². The van der Waals surface area contributed by atoms with Crippen molar-refractivity contribution in [3.8, 4) is 6.07 Å². The highest BCUT2D eigenvalue weighted by Gasteiger charge is 2.17. The Bertz CT molecular complexity index is 1280. The van der Waals surface area contributed by atoms with E-state index < -0.39 is 5.97 Å². The number of hydrogen-bond donors (Lipinski definition) is 2. The smallest absolute Gasteiger partial charge is 0.351 e. The summed E-state index contributed by atoms with van der Waals surface area (Å²) in [7, 11) is 0. The highest BCUT2D eigenvalue weighted by molar-refractivity contribution is 7.07. The van der Waals surface area contributed by atoms with Gasteiger partial charge < -0.3 is 20.3 Å². The van der Waals surface area contributed by atoms with E-state index in [4.69, 9.17) is 4.74 Å². The summed E-state index contributed by atoms with van der Waals surface area (Å²) < 4.78 is 7.13. The number of hydrogen-bond acceptors (Lipinski definition) is 8. The summed E-state index contributed by atoms with van der Waals surface area (Å²) in [6, 6.07) is 9.15. The van der Waals surface area contributed by atoms with E-state index in [1.54, 1.807) is 19.2 Å². The molecule has 2 N–H and O–H groups in total. The van der Waals surface area contributed by atoms with E-state index in [2.05, 4.69) is 15.5 Å². The van der Waals surface area contributed by atoms with Crippen LogP contribution in [0.3, 0.4) is 0 Å². The molecule has 1 aliphatic heterocycles. The second-order valence-corrected chi connectivity index (χ2v) is 9.54. The third-order valence-electron chi connectivity index (χ3n) is 5.82. The molecular formula is C26H33N5O4S. The van der Waals surface area contributed by atoms with Crippen molar-refractivity contribution >= 4 is 46.4 Å². The van der Waals surface area contributed by atoms with Crippen LogP contribution < -0.4 is 25.4 Å². The van der Waals surface area contributed by atoms with Gasteiger partial charge in [0, 0.05) is 37.1 Å². The third-order valence-corrected chi connectivity index (χ3v) is 6.95. The molecular weight excluding hydrogens is 478 g/mol. The van der Waals surface area contributed by atoms with Gasteiger partial charge in [-0.2, -0.15) is 5.26 Å². The van der Waals surface area contributed by atoms with Gasteiger partial charge in [0.1, 0.15) is 15.3 Å². The van der Waals surface area contributed by atoms with E-state index in [0.29, 0.717) is 33.5 Å². The molecule has 3 rings (SSSR count). The van der Waals surface area contributed by atoms with Gasteiger partial charge in [0.05, 0.1) is 6.61 Å². The molecule has 0 atom stereocenters. The average Bonchev–Trinajstić information content (AvgIpc) is 3.49. The van der Waals surface area contributed by atoms with E-state index in [9.17, 15) is 19.6 Å². The molecule has 0 spiro atoms. The first-order valence-corrected chi connectivity index (χ1v) is 13.2. The number of likely N-dealkylation sites (tertiary alicyclic amines) is 1. The molecule has 1 saturated heterocycles. The summed E-state index contributed by atoms with van der Waals surface area (Å²) in [6.45, 7) is 7.08. The fourth-order valence-electron chi connectivity index (χ4n) is 3.93. The standard InChI is InChI=1S/C26H33N5O4S/c1-3-5-14-31-24(33)22(36-25(31)21(17-27)26(34)35-4-2)18-28-19-9-8-10-20(16-19)29-23(32)11-15-30-12-6-7-13-30/h8-10,16,18,28H,3-7,11-15H2,1-2H3,(H,29,32). The van der Waals surface area contributed by atoms with Crippen molar-refractivity contribution in [2.45, 2.75) is 52.5 Å². The van der Waals surface area contributed by atoms with Crippen LogP contribution in [0.25, 0.3) is 11.8 Å². The molecule has 0 unspecified atom stereocenters. The normalized spacial score (nSPS) is 14.9. The van der Waals surface area contributed by atoms with Crippen molar-refractivity contribution in [3.05, 3.63) is 43.8 Å². The van der Waals surface area contributed by atoms with Crippen molar-refractivity contribution in [3.63, 3.8) is 0 Å². The Morgan fingerprint density at radius 2 is 1.94 bits per heavy atom. The molecule has 0 aliphatic carbocycles. The minimum absolute atomic E-state index is 0.0386. The Labute approximate surface area is 214 Å². The van der Waals surface area contributed by atoms with Gasteiger partial charge in [0.2, 0.25) is 5.91 Å². The Balaban J connectivity index is 1.81. The zero-order valence-electron chi connectivity index (χ0n) is 20.8. The van der Waals surface area contributed by atoms with Crippen molar-refractivity contribution in [2.75, 3.05) is 36.9 Å². The van der Waals surface area contributed by atoms with Gasteiger partial charge in [0.25, 0.3) is 5.56 Å². The van der Waals surface area contributed by atoms with Crippen LogP contribution in [-0.2, 0) is 20.9 Å². The van der Waals surface area contributed by atoms with Crippen LogP contribution in [-0.4, -0.2) is 47.6 Å². The molecule has 2 aromatic rings. The Hall–Kier alpha value is -3.42. The Morgan fingerprint density at radius 1 is 1.19 bits per heavy atom. The summed E-state index contributed by atoms with van der Waals surface area (Å²) in [5, 5.41) is 15.6. The predicted molar refractivity (Wildman–Crippen MR) is 142 cm³/mol. The lowest BCUT2D eigenvalue weighted by Crippen LogP contribution is -2.33. The fraction of sp³-hybridized carbons (Fsp3) is 0.462. The number of thiazole rings is 1. The quantitative estimate of drug-likeness (QED) is 0.445. The van der Waals surface area contributed by atoms with E-state index in [0.717, 1.165) is 43.8 Å². The molecule has 1 fully saturated rings. The molecule has 1 amide bonds. The van der Waals surface area contributed by atoms with E-state index in [-0.39, 0.29) is 23.6 Å². The number of anilines is 2. The highest BCUT2D eigenvalue weighted by atomic mass is 32.1. The van der Waals surface area contributed by atoms with Crippen LogP contribution in [0.1, 0.15) is 46.0 Å². The maximum absolute atomic E-state index is 13.1. The maximum atomic E-state index is 13.1. The first kappa shape index (κ1) is 27.2. The number of ether oxygens (including phenoxy) is 1. The van der Waals surface area contributed by atoms with E-state index >= 15 is 0 Å². The van der Waals surface area contributed by atoms with Gasteiger partial charge in [0.15, 0.2) is 5.57 Å². The van der Waals surface area contributed by atoms with Gasteiger partial charge in [-0.05, 0) is 57.5 Å². The number of nitrogens with zero attached hydrogens (tertiary/aromatic N) is 3. The predicted octanol–water partition coefficient (Wildman–Crippen LogP) is 2.22. The summed E-state index contributed by atoms with van der Waals surface area (Å²) in [6.07, 6.45) is 5.99. The lowest BCUT2D eigenvalue weighted by atomic mass is 10.2. The largest absolute Gasteiger partial charge is 0.462 e. The molecule has 36 heavy (non-hydrogen) atoms. The summed E-state index contributed by atoms with van der Waals surface area (Å²) in [5.74, 6) is -0.776. The number of nitrogens with one attached hydrogen (secondary N) is 2. The van der Waals surface area contributed by atoms with Crippen molar-refractivity contribution < 1.29 is 14.3 Å². The van der Waals surface area contributed by atoms with Gasteiger partial charge in [-0.25, -0.2) is 4.79 Å². The number of esters is 1. The Kier molecular flexibility index (Phi) is 10.3. The van der Waals surface area contributed by atoms with Gasteiger partial charge in [-0.15, -0.1) is 11.3 Å². The monoisotopic (exact) mass is 511 g/mol. The number of aromatic nitrogens is 1. The SMILES string of the molecule is CCCCn1c(=C(C#N)C(=O)OCC)sc(=CNc2cccc(NC(=O)CCN3CCCC3)c2)c1=O. The Morgan fingerprint density at radius 3 is 2.64 bits per heavy atom. The van der Waals surface area contributed by atoms with Crippen molar-refractivity contribution in [1.82, 2.24) is 9.47 Å². The van der Waals surface area contributed by atoms with Crippen LogP contribution in [0, 0.1) is 11.3 Å². The van der Waals surface area contributed by atoms with Crippen LogP contribution in [0.15, 0.2) is 29.1 Å². The van der Waals surface area contributed by atoms with E-state index in [1.807, 2.05) is 31.2 Å². The zero-order valence-corrected chi connectivity index (χ0v) is 21.7. The van der Waals surface area contributed by atoms with Crippen LogP contribution in [0.2, 0.25) is 0 Å². The maximum Gasteiger partial charge on any atom is 0.351 e. The molecule has 1 aromatic heterocycles. The van der Waals surface area contributed by atoms with Gasteiger partial charge in [-0.1, -0.05) is 19.4 Å². The number of nitriles is 1. The molecule has 0 bridgehead atoms. The van der Waals surface area contributed by atoms with Crippen molar-refractivity contribution in [1.29, 1.82) is 5.26 Å². The molecule has 192 valence electrons. The summed E-state index contributed by atoms with van der Waals surface area (Å²) >= 11 is 1.07. The van der Waals surface area contributed by atoms with Gasteiger partial charge in [-0.3, -0.25) is 14.2 Å². The number of carbonyl (C=O) groups is 2. The molecule has 1 aliphatic rings. The topological polar surface area (TPSA) is 116 Å². The van der Waals surface area contributed by atoms with E-state index in [1.165, 1.54) is 17.4 Å². The molecule has 0 radical (unpaired) electrons. The zero-order chi connectivity index (χ0) is 25.9. The third kappa shape index (κ3) is 7.29. The number of benzene rings is 1. The molecule has 9 nitrogen and oxygen atoms in total. The van der Waals surface area contributed by atoms with Crippen LogP contribution >= 0.6 is 11.3 Å². The molecule has 1 aromatic carbocycles. The number of carbonyl (C=O) groups excluding carboxylic acids is 2. The first-order chi connectivity index (χ1) is 17.5.